The van der Waals surface area contributed by atoms with Gasteiger partial charge in [0.2, 0.25) is 5.91 Å². The quantitative estimate of drug-likeness (QED) is 0.832. The maximum atomic E-state index is 13.0. The van der Waals surface area contributed by atoms with Crippen LogP contribution in [0.15, 0.2) is 35.5 Å². The summed E-state index contributed by atoms with van der Waals surface area (Å²) in [6.07, 6.45) is 3.30. The van der Waals surface area contributed by atoms with E-state index in [9.17, 15) is 9.59 Å². The number of ether oxygens (including phenoxy) is 1. The van der Waals surface area contributed by atoms with Crippen LogP contribution in [-0.4, -0.2) is 36.5 Å². The van der Waals surface area contributed by atoms with Crippen molar-refractivity contribution in [2.45, 2.75) is 44.1 Å². The Balaban J connectivity index is 1.74. The number of para-hydroxylation sites is 1. The number of carbonyl (C=O) groups excluding carboxylic acids is 2. The van der Waals surface area contributed by atoms with Gasteiger partial charge in [0.1, 0.15) is 0 Å². The molecule has 1 aliphatic carbocycles. The van der Waals surface area contributed by atoms with Gasteiger partial charge in [-0.25, -0.2) is 4.79 Å². The van der Waals surface area contributed by atoms with Crippen molar-refractivity contribution >= 4 is 17.6 Å². The summed E-state index contributed by atoms with van der Waals surface area (Å²) in [5.41, 5.74) is 3.78. The Morgan fingerprint density at radius 1 is 1.38 bits per heavy atom. The summed E-state index contributed by atoms with van der Waals surface area (Å²) in [6.45, 7) is 2.86. The van der Waals surface area contributed by atoms with Crippen molar-refractivity contribution in [3.05, 3.63) is 41.1 Å². The lowest BCUT2D eigenvalue weighted by atomic mass is 9.60. The van der Waals surface area contributed by atoms with Gasteiger partial charge in [-0.05, 0) is 43.2 Å². The second-order valence-electron chi connectivity index (χ2n) is 8.02. The lowest BCUT2D eigenvalue weighted by Crippen LogP contribution is -2.57. The van der Waals surface area contributed by atoms with Gasteiger partial charge in [0, 0.05) is 23.8 Å². The van der Waals surface area contributed by atoms with E-state index < -0.39 is 0 Å². The van der Waals surface area contributed by atoms with Crippen LogP contribution in [0.2, 0.25) is 0 Å². The third kappa shape index (κ3) is 1.76. The molecule has 0 saturated carbocycles. The molecule has 5 nitrogen and oxygen atoms in total. The van der Waals surface area contributed by atoms with E-state index in [2.05, 4.69) is 35.3 Å². The number of carbonyl (C=O) groups is 2. The highest BCUT2D eigenvalue weighted by Crippen LogP contribution is 2.61. The molecule has 5 heteroatoms. The van der Waals surface area contributed by atoms with Crippen molar-refractivity contribution in [2.24, 2.45) is 11.8 Å². The van der Waals surface area contributed by atoms with Crippen LogP contribution in [0.4, 0.5) is 5.69 Å². The fourth-order valence-electron chi connectivity index (χ4n) is 6.07. The van der Waals surface area contributed by atoms with E-state index in [0.717, 1.165) is 42.8 Å². The van der Waals surface area contributed by atoms with Gasteiger partial charge in [-0.15, -0.1) is 0 Å². The summed E-state index contributed by atoms with van der Waals surface area (Å²) >= 11 is 0. The molecule has 2 saturated heterocycles. The van der Waals surface area contributed by atoms with Crippen LogP contribution >= 0.6 is 0 Å². The minimum Gasteiger partial charge on any atom is -0.466 e. The van der Waals surface area contributed by atoms with Gasteiger partial charge in [-0.3, -0.25) is 4.79 Å². The van der Waals surface area contributed by atoms with E-state index >= 15 is 0 Å². The van der Waals surface area contributed by atoms with Crippen molar-refractivity contribution in [3.63, 3.8) is 0 Å². The summed E-state index contributed by atoms with van der Waals surface area (Å²) < 4.78 is 5.14. The van der Waals surface area contributed by atoms with Gasteiger partial charge in [0.05, 0.1) is 24.1 Å². The van der Waals surface area contributed by atoms with Crippen molar-refractivity contribution in [2.75, 3.05) is 19.0 Å². The summed E-state index contributed by atoms with van der Waals surface area (Å²) in [5, 5.41) is 3.53. The number of nitrogens with one attached hydrogen (secondary N) is 1. The van der Waals surface area contributed by atoms with Gasteiger partial charge in [0.25, 0.3) is 0 Å². The van der Waals surface area contributed by atoms with E-state index in [1.807, 2.05) is 6.07 Å². The van der Waals surface area contributed by atoms with Gasteiger partial charge in [-0.1, -0.05) is 25.1 Å². The molecule has 1 aromatic rings. The van der Waals surface area contributed by atoms with Crippen molar-refractivity contribution < 1.29 is 14.3 Å². The van der Waals surface area contributed by atoms with Crippen molar-refractivity contribution in [3.8, 4) is 0 Å². The molecule has 4 atom stereocenters. The molecule has 5 rings (SSSR count). The number of hydrogen-bond donors (Lipinski definition) is 1. The number of esters is 1. The predicted molar refractivity (Wildman–Crippen MR) is 97.4 cm³/mol. The fourth-order valence-corrected chi connectivity index (χ4v) is 6.07. The molecule has 1 N–H and O–H groups in total. The van der Waals surface area contributed by atoms with Crippen molar-refractivity contribution in [1.82, 2.24) is 4.90 Å². The van der Waals surface area contributed by atoms with Crippen molar-refractivity contribution in [1.29, 1.82) is 0 Å². The molecule has 1 aromatic carbocycles. The molecule has 3 heterocycles. The molecule has 0 aromatic heterocycles. The molecule has 1 amide bonds. The van der Waals surface area contributed by atoms with Crippen LogP contribution < -0.4 is 5.32 Å². The van der Waals surface area contributed by atoms with E-state index in [1.165, 1.54) is 12.7 Å². The number of fused-ring (bicyclic) bond motifs is 1. The highest BCUT2D eigenvalue weighted by Gasteiger charge is 2.64. The third-order valence-corrected chi connectivity index (χ3v) is 7.06. The summed E-state index contributed by atoms with van der Waals surface area (Å²) in [4.78, 5) is 27.8. The number of methoxy groups -OCH3 is 1. The Hall–Kier alpha value is -2.30. The molecular formula is C21H24N2O3. The Kier molecular flexibility index (Phi) is 3.27. The largest absolute Gasteiger partial charge is 0.466 e. The van der Waals surface area contributed by atoms with Gasteiger partial charge in [-0.2, -0.15) is 0 Å². The number of benzene rings is 1. The van der Waals surface area contributed by atoms with Crippen LogP contribution in [0.3, 0.4) is 0 Å². The Morgan fingerprint density at radius 2 is 2.19 bits per heavy atom. The lowest BCUT2D eigenvalue weighted by molar-refractivity contribution is -0.144. The van der Waals surface area contributed by atoms with E-state index in [0.29, 0.717) is 18.2 Å². The minimum atomic E-state index is -0.280. The molecular weight excluding hydrogens is 328 g/mol. The number of anilines is 1. The first-order valence-corrected chi connectivity index (χ1v) is 9.60. The maximum Gasteiger partial charge on any atom is 0.335 e. The average molecular weight is 352 g/mol. The Morgan fingerprint density at radius 3 is 2.96 bits per heavy atom. The molecule has 26 heavy (non-hydrogen) atoms. The Bertz CT molecular complexity index is 845. The average Bonchev–Trinajstić information content (AvgIpc) is 3.23. The SMILES string of the molecule is CC[C@H]1C[C@H]2CC(C(=O)OC)=C3Nc4ccccc4[C@@]34CCN(C1=O)[C@@H]24. The third-order valence-electron chi connectivity index (χ3n) is 7.06. The standard InChI is InChI=1S/C21H24N2O3/c1-3-12-10-13-11-14(20(25)26-2)17-21(8-9-23(18(13)21)19(12)24)15-6-4-5-7-16(15)22-17/h4-7,12-13,18,22H,3,8-11H2,1-2H3/t12-,13-,18-,21-/m0/s1. The first kappa shape index (κ1) is 15.9. The highest BCUT2D eigenvalue weighted by molar-refractivity contribution is 5.93. The van der Waals surface area contributed by atoms with Gasteiger partial charge >= 0.3 is 5.97 Å². The first-order valence-electron chi connectivity index (χ1n) is 9.60. The van der Waals surface area contributed by atoms with Crippen LogP contribution in [0.1, 0.15) is 38.2 Å². The zero-order valence-corrected chi connectivity index (χ0v) is 15.2. The topological polar surface area (TPSA) is 58.6 Å². The fraction of sp³-hybridized carbons (Fsp3) is 0.524. The van der Waals surface area contributed by atoms with Crippen LogP contribution in [0.5, 0.6) is 0 Å². The molecule has 0 radical (unpaired) electrons. The predicted octanol–water partition coefficient (Wildman–Crippen LogP) is 2.83. The number of amides is 1. The number of piperidine rings is 1. The molecule has 4 aliphatic rings. The summed E-state index contributed by atoms with van der Waals surface area (Å²) in [6, 6.07) is 8.45. The van der Waals surface area contributed by atoms with Crippen LogP contribution in [0, 0.1) is 11.8 Å². The van der Waals surface area contributed by atoms with Gasteiger partial charge < -0.3 is 15.0 Å². The van der Waals surface area contributed by atoms with E-state index in [1.54, 1.807) is 0 Å². The molecule has 3 aliphatic heterocycles. The molecule has 0 bridgehead atoms. The molecule has 0 unspecified atom stereocenters. The lowest BCUT2D eigenvalue weighted by Gasteiger charge is -2.49. The summed E-state index contributed by atoms with van der Waals surface area (Å²) in [5.74, 6) is 0.458. The van der Waals surface area contributed by atoms with Crippen LogP contribution in [0.25, 0.3) is 0 Å². The second kappa shape index (κ2) is 5.35. The summed E-state index contributed by atoms with van der Waals surface area (Å²) in [7, 11) is 1.46. The highest BCUT2D eigenvalue weighted by atomic mass is 16.5. The first-order chi connectivity index (χ1) is 12.6. The number of hydrogen-bond acceptors (Lipinski definition) is 4. The zero-order chi connectivity index (χ0) is 18.1. The van der Waals surface area contributed by atoms with Crippen LogP contribution in [-0.2, 0) is 19.7 Å². The molecule has 2 fully saturated rings. The monoisotopic (exact) mass is 352 g/mol. The Labute approximate surface area is 153 Å². The molecule has 136 valence electrons. The second-order valence-corrected chi connectivity index (χ2v) is 8.02. The van der Waals surface area contributed by atoms with E-state index in [4.69, 9.17) is 4.74 Å². The molecule has 1 spiro atoms. The normalized spacial score (nSPS) is 34.2. The number of nitrogens with zero attached hydrogens (tertiary/aromatic N) is 1. The number of rotatable bonds is 2. The van der Waals surface area contributed by atoms with Gasteiger partial charge in [0.15, 0.2) is 0 Å². The maximum absolute atomic E-state index is 13.0. The smallest absolute Gasteiger partial charge is 0.335 e. The zero-order valence-electron chi connectivity index (χ0n) is 15.2. The minimum absolute atomic E-state index is 0.0800. The van der Waals surface area contributed by atoms with E-state index in [-0.39, 0.29) is 23.3 Å².